The Kier molecular flexibility index (Phi) is 5.58. The zero-order chi connectivity index (χ0) is 18.6. The van der Waals surface area contributed by atoms with Crippen molar-refractivity contribution in [2.45, 2.75) is 4.90 Å². The van der Waals surface area contributed by atoms with Crippen LogP contribution in [0.15, 0.2) is 82.7 Å². The molecule has 2 N–H and O–H groups in total. The van der Waals surface area contributed by atoms with Crippen LogP contribution in [-0.2, 0) is 10.0 Å². The molecule has 0 spiro atoms. The van der Waals surface area contributed by atoms with Crippen LogP contribution in [0.4, 0.5) is 11.4 Å². The first-order chi connectivity index (χ1) is 12.4. The summed E-state index contributed by atoms with van der Waals surface area (Å²) >= 11 is 2.16. The molecular formula is C19H15IN2O3S. The summed E-state index contributed by atoms with van der Waals surface area (Å²) in [6.45, 7) is 0. The van der Waals surface area contributed by atoms with Gasteiger partial charge >= 0.3 is 0 Å². The number of aliphatic imine (C=N–C) groups is 1. The molecule has 0 heterocycles. The third-order valence-electron chi connectivity index (χ3n) is 3.50. The molecule has 3 rings (SSSR count). The average molecular weight is 478 g/mol. The fourth-order valence-corrected chi connectivity index (χ4v) is 3.57. The van der Waals surface area contributed by atoms with Crippen LogP contribution in [0.25, 0.3) is 0 Å². The van der Waals surface area contributed by atoms with Crippen LogP contribution in [0.3, 0.4) is 0 Å². The Balaban J connectivity index is 1.73. The van der Waals surface area contributed by atoms with Crippen molar-refractivity contribution in [2.24, 2.45) is 4.99 Å². The van der Waals surface area contributed by atoms with Crippen LogP contribution in [0.1, 0.15) is 5.56 Å². The lowest BCUT2D eigenvalue weighted by molar-refractivity contribution is 0.475. The van der Waals surface area contributed by atoms with Crippen LogP contribution in [0, 0.1) is 3.57 Å². The Morgan fingerprint density at radius 1 is 0.885 bits per heavy atom. The van der Waals surface area contributed by atoms with Gasteiger partial charge in [0.05, 0.1) is 10.6 Å². The van der Waals surface area contributed by atoms with Crippen molar-refractivity contribution in [3.63, 3.8) is 0 Å². The number of phenolic OH excluding ortho intramolecular Hbond substituents is 1. The van der Waals surface area contributed by atoms with E-state index in [1.165, 1.54) is 12.1 Å². The Hall–Kier alpha value is -2.39. The molecular weight excluding hydrogens is 463 g/mol. The molecule has 3 aromatic carbocycles. The number of nitrogens with zero attached hydrogens (tertiary/aromatic N) is 1. The molecule has 0 bridgehead atoms. The third kappa shape index (κ3) is 4.83. The van der Waals surface area contributed by atoms with E-state index in [9.17, 15) is 13.5 Å². The van der Waals surface area contributed by atoms with Crippen molar-refractivity contribution >= 4 is 50.2 Å². The summed E-state index contributed by atoms with van der Waals surface area (Å²) in [5.74, 6) is 0.192. The normalized spacial score (nSPS) is 11.6. The molecule has 7 heteroatoms. The minimum absolute atomic E-state index is 0.166. The molecule has 0 radical (unpaired) electrons. The van der Waals surface area contributed by atoms with E-state index in [1.807, 2.05) is 12.1 Å². The maximum absolute atomic E-state index is 12.4. The van der Waals surface area contributed by atoms with E-state index in [2.05, 4.69) is 32.3 Å². The predicted molar refractivity (Wildman–Crippen MR) is 112 cm³/mol. The molecule has 0 saturated heterocycles. The lowest BCUT2D eigenvalue weighted by Crippen LogP contribution is -2.12. The second kappa shape index (κ2) is 7.88. The summed E-state index contributed by atoms with van der Waals surface area (Å²) in [6, 6.07) is 20.0. The lowest BCUT2D eigenvalue weighted by atomic mass is 10.2. The van der Waals surface area contributed by atoms with E-state index in [1.54, 1.807) is 54.7 Å². The molecule has 132 valence electrons. The zero-order valence-electron chi connectivity index (χ0n) is 13.5. The average Bonchev–Trinajstić information content (AvgIpc) is 2.63. The minimum Gasteiger partial charge on any atom is -0.508 e. The summed E-state index contributed by atoms with van der Waals surface area (Å²) in [5.41, 5.74) is 1.98. The highest BCUT2D eigenvalue weighted by atomic mass is 127. The van der Waals surface area contributed by atoms with Crippen LogP contribution in [-0.4, -0.2) is 19.7 Å². The molecule has 0 fully saturated rings. The van der Waals surface area contributed by atoms with Gasteiger partial charge in [-0.25, -0.2) is 8.42 Å². The molecule has 0 aliphatic rings. The second-order valence-electron chi connectivity index (χ2n) is 5.46. The first kappa shape index (κ1) is 18.4. The van der Waals surface area contributed by atoms with Crippen molar-refractivity contribution < 1.29 is 13.5 Å². The maximum atomic E-state index is 12.4. The quantitative estimate of drug-likeness (QED) is 0.417. The Morgan fingerprint density at radius 2 is 1.50 bits per heavy atom. The van der Waals surface area contributed by atoms with Crippen molar-refractivity contribution in [3.8, 4) is 5.75 Å². The van der Waals surface area contributed by atoms with Crippen molar-refractivity contribution in [1.29, 1.82) is 0 Å². The molecule has 0 aliphatic carbocycles. The molecule has 0 aromatic heterocycles. The number of phenols is 1. The number of nitrogens with one attached hydrogen (secondary N) is 1. The zero-order valence-corrected chi connectivity index (χ0v) is 16.5. The van der Waals surface area contributed by atoms with E-state index in [4.69, 9.17) is 0 Å². The van der Waals surface area contributed by atoms with Gasteiger partial charge in [0.2, 0.25) is 0 Å². The highest BCUT2D eigenvalue weighted by molar-refractivity contribution is 14.1. The van der Waals surface area contributed by atoms with Gasteiger partial charge in [-0.3, -0.25) is 9.71 Å². The monoisotopic (exact) mass is 478 g/mol. The second-order valence-corrected chi connectivity index (χ2v) is 8.38. The first-order valence-electron chi connectivity index (χ1n) is 7.64. The molecule has 3 aromatic rings. The minimum atomic E-state index is -3.65. The van der Waals surface area contributed by atoms with Gasteiger partial charge in [-0.2, -0.15) is 0 Å². The van der Waals surface area contributed by atoms with Gasteiger partial charge < -0.3 is 5.11 Å². The Morgan fingerprint density at radius 3 is 2.12 bits per heavy atom. The molecule has 0 aliphatic heterocycles. The fraction of sp³-hybridized carbons (Fsp3) is 0. The van der Waals surface area contributed by atoms with Gasteiger partial charge in [0, 0.05) is 15.5 Å². The molecule has 0 saturated carbocycles. The smallest absolute Gasteiger partial charge is 0.261 e. The van der Waals surface area contributed by atoms with Gasteiger partial charge in [-0.05, 0) is 101 Å². The number of halogens is 1. The number of hydrogen-bond acceptors (Lipinski definition) is 4. The lowest BCUT2D eigenvalue weighted by Gasteiger charge is -2.08. The van der Waals surface area contributed by atoms with Crippen LogP contribution in [0.2, 0.25) is 0 Å². The van der Waals surface area contributed by atoms with E-state index in [-0.39, 0.29) is 10.6 Å². The number of aromatic hydroxyl groups is 1. The van der Waals surface area contributed by atoms with Crippen LogP contribution >= 0.6 is 22.6 Å². The van der Waals surface area contributed by atoms with Gasteiger partial charge in [0.15, 0.2) is 0 Å². The number of anilines is 1. The summed E-state index contributed by atoms with van der Waals surface area (Å²) < 4.78 is 28.4. The number of benzene rings is 3. The fourth-order valence-electron chi connectivity index (χ4n) is 2.15. The number of rotatable bonds is 5. The van der Waals surface area contributed by atoms with Crippen molar-refractivity contribution in [2.75, 3.05) is 4.72 Å². The maximum Gasteiger partial charge on any atom is 0.261 e. The SMILES string of the molecule is O=S(=O)(Nc1ccc(I)cc1)c1ccc(N=Cc2ccc(O)cc2)cc1. The summed E-state index contributed by atoms with van der Waals surface area (Å²) in [7, 11) is -3.65. The van der Waals surface area contributed by atoms with E-state index in [0.717, 1.165) is 9.13 Å². The van der Waals surface area contributed by atoms with E-state index < -0.39 is 10.0 Å². The van der Waals surface area contributed by atoms with Gasteiger partial charge in [-0.15, -0.1) is 0 Å². The number of hydrogen-bond donors (Lipinski definition) is 2. The largest absolute Gasteiger partial charge is 0.508 e. The molecule has 0 atom stereocenters. The van der Waals surface area contributed by atoms with Gasteiger partial charge in [-0.1, -0.05) is 0 Å². The van der Waals surface area contributed by atoms with Gasteiger partial charge in [0.25, 0.3) is 10.0 Å². The van der Waals surface area contributed by atoms with Crippen LogP contribution < -0.4 is 4.72 Å². The highest BCUT2D eigenvalue weighted by Crippen LogP contribution is 2.20. The van der Waals surface area contributed by atoms with E-state index >= 15 is 0 Å². The summed E-state index contributed by atoms with van der Waals surface area (Å²) in [5, 5.41) is 9.26. The predicted octanol–water partition coefficient (Wildman–Crippen LogP) is 4.55. The van der Waals surface area contributed by atoms with Gasteiger partial charge in [0.1, 0.15) is 5.75 Å². The highest BCUT2D eigenvalue weighted by Gasteiger charge is 2.13. The Labute approximate surface area is 165 Å². The summed E-state index contributed by atoms with van der Waals surface area (Å²) in [4.78, 5) is 4.47. The molecule has 0 unspecified atom stereocenters. The number of sulfonamides is 1. The topological polar surface area (TPSA) is 78.8 Å². The molecule has 5 nitrogen and oxygen atoms in total. The van der Waals surface area contributed by atoms with Crippen molar-refractivity contribution in [3.05, 3.63) is 81.9 Å². The first-order valence-corrected chi connectivity index (χ1v) is 10.2. The van der Waals surface area contributed by atoms with E-state index in [0.29, 0.717) is 11.4 Å². The standard InChI is InChI=1S/C19H15IN2O3S/c20-15-3-5-17(6-4-15)22-26(24,25)19-11-7-16(8-12-19)21-13-14-1-9-18(23)10-2-14/h1-13,22-23H. The summed E-state index contributed by atoms with van der Waals surface area (Å²) in [6.07, 6.45) is 1.65. The third-order valence-corrected chi connectivity index (χ3v) is 5.62. The Bertz CT molecular complexity index is 1010. The van der Waals surface area contributed by atoms with Crippen LogP contribution in [0.5, 0.6) is 5.75 Å². The molecule has 0 amide bonds. The van der Waals surface area contributed by atoms with Crippen molar-refractivity contribution in [1.82, 2.24) is 0 Å². The molecule has 26 heavy (non-hydrogen) atoms.